The highest BCUT2D eigenvalue weighted by Crippen LogP contribution is 2.18. The molecule has 2 aromatic rings. The highest BCUT2D eigenvalue weighted by molar-refractivity contribution is 8.00. The Kier molecular flexibility index (Phi) is 12.0. The summed E-state index contributed by atoms with van der Waals surface area (Å²) in [6, 6.07) is 13.9. The van der Waals surface area contributed by atoms with E-state index in [1.54, 1.807) is 4.90 Å². The molecule has 32 heavy (non-hydrogen) atoms. The van der Waals surface area contributed by atoms with Crippen LogP contribution >= 0.6 is 11.8 Å². The molecule has 0 saturated heterocycles. The number of aromatic nitrogens is 1. The van der Waals surface area contributed by atoms with Gasteiger partial charge in [-0.05, 0) is 44.0 Å². The summed E-state index contributed by atoms with van der Waals surface area (Å²) >= 11 is 1.50. The zero-order valence-electron chi connectivity index (χ0n) is 19.7. The van der Waals surface area contributed by atoms with Crippen molar-refractivity contribution < 1.29 is 14.3 Å². The average Bonchev–Trinajstić information content (AvgIpc) is 3.21. The summed E-state index contributed by atoms with van der Waals surface area (Å²) in [4.78, 5) is 30.9. The average molecular weight is 460 g/mol. The lowest BCUT2D eigenvalue weighted by molar-refractivity contribution is -0.139. The minimum Gasteiger partial charge on any atom is -0.382 e. The van der Waals surface area contributed by atoms with Crippen molar-refractivity contribution in [2.45, 2.75) is 44.6 Å². The van der Waals surface area contributed by atoms with Crippen molar-refractivity contribution in [3.63, 3.8) is 0 Å². The fourth-order valence-electron chi connectivity index (χ4n) is 3.31. The van der Waals surface area contributed by atoms with Crippen LogP contribution in [0.25, 0.3) is 0 Å². The minimum absolute atomic E-state index is 0.00544. The molecule has 0 saturated carbocycles. The molecule has 0 aliphatic rings. The third-order valence-corrected chi connectivity index (χ3v) is 6.24. The first-order chi connectivity index (χ1) is 15.5. The van der Waals surface area contributed by atoms with Gasteiger partial charge in [0.1, 0.15) is 0 Å². The summed E-state index contributed by atoms with van der Waals surface area (Å²) in [6.07, 6.45) is 4.66. The van der Waals surface area contributed by atoms with Gasteiger partial charge in [0.05, 0.1) is 18.8 Å². The Bertz CT molecular complexity index is 810. The van der Waals surface area contributed by atoms with Gasteiger partial charge in [0.25, 0.3) is 0 Å². The van der Waals surface area contributed by atoms with Crippen LogP contribution in [0.2, 0.25) is 0 Å². The Morgan fingerprint density at radius 2 is 1.72 bits per heavy atom. The van der Waals surface area contributed by atoms with Crippen LogP contribution in [0, 0.1) is 0 Å². The van der Waals surface area contributed by atoms with Crippen molar-refractivity contribution >= 4 is 23.6 Å². The quantitative estimate of drug-likeness (QED) is 0.296. The Labute approximate surface area is 196 Å². The fraction of sp³-hybridized carbons (Fsp3) is 0.520. The van der Waals surface area contributed by atoms with E-state index in [9.17, 15) is 9.59 Å². The van der Waals surface area contributed by atoms with Crippen molar-refractivity contribution in [2.24, 2.45) is 7.05 Å². The summed E-state index contributed by atoms with van der Waals surface area (Å²) in [6.45, 7) is 7.19. The molecule has 2 rings (SSSR count). The lowest BCUT2D eigenvalue weighted by atomic mass is 10.2. The van der Waals surface area contributed by atoms with Crippen LogP contribution in [0.5, 0.6) is 0 Å². The van der Waals surface area contributed by atoms with Crippen molar-refractivity contribution in [3.8, 4) is 0 Å². The standard InChI is InChI=1S/C25H37N3O3S/c1-4-6-16-27(19-22-12-10-15-26(22)3)24(29)20-28(17-11-18-31-5-2)25(30)21-32-23-13-8-7-9-14-23/h7-10,12-15H,4-6,11,16-21H2,1-3H3. The van der Waals surface area contributed by atoms with Gasteiger partial charge in [0.2, 0.25) is 11.8 Å². The molecule has 6 nitrogen and oxygen atoms in total. The molecule has 0 aliphatic heterocycles. The van der Waals surface area contributed by atoms with Gasteiger partial charge in [-0.15, -0.1) is 11.8 Å². The van der Waals surface area contributed by atoms with Gasteiger partial charge < -0.3 is 19.1 Å². The number of carbonyl (C=O) groups is 2. The largest absolute Gasteiger partial charge is 0.382 e. The second-order valence-corrected chi connectivity index (χ2v) is 8.80. The Morgan fingerprint density at radius 3 is 2.38 bits per heavy atom. The van der Waals surface area contributed by atoms with Crippen molar-refractivity contribution in [1.82, 2.24) is 14.4 Å². The van der Waals surface area contributed by atoms with E-state index in [1.807, 2.05) is 72.1 Å². The molecular formula is C25H37N3O3S. The Hall–Kier alpha value is -2.25. The minimum atomic E-state index is -0.0157. The maximum atomic E-state index is 13.2. The second-order valence-electron chi connectivity index (χ2n) is 7.75. The summed E-state index contributed by atoms with van der Waals surface area (Å²) in [7, 11) is 1.99. The third kappa shape index (κ3) is 9.09. The predicted octanol–water partition coefficient (Wildman–Crippen LogP) is 4.20. The van der Waals surface area contributed by atoms with Gasteiger partial charge in [-0.2, -0.15) is 0 Å². The fourth-order valence-corrected chi connectivity index (χ4v) is 4.13. The lowest BCUT2D eigenvalue weighted by Crippen LogP contribution is -2.44. The number of rotatable bonds is 15. The summed E-state index contributed by atoms with van der Waals surface area (Å²) in [5.74, 6) is 0.297. The molecule has 0 radical (unpaired) electrons. The topological polar surface area (TPSA) is 54.8 Å². The van der Waals surface area contributed by atoms with E-state index < -0.39 is 0 Å². The summed E-state index contributed by atoms with van der Waals surface area (Å²) in [5.41, 5.74) is 1.09. The number of thioether (sulfide) groups is 1. The van der Waals surface area contributed by atoms with E-state index in [1.165, 1.54) is 11.8 Å². The van der Waals surface area contributed by atoms with Crippen molar-refractivity contribution in [1.29, 1.82) is 0 Å². The van der Waals surface area contributed by atoms with E-state index in [0.29, 0.717) is 38.6 Å². The zero-order valence-corrected chi connectivity index (χ0v) is 20.5. The SMILES string of the molecule is CCCCN(Cc1cccn1C)C(=O)CN(CCCOCC)C(=O)CSc1ccccc1. The molecule has 2 amide bonds. The van der Waals surface area contributed by atoms with Gasteiger partial charge in [-0.25, -0.2) is 0 Å². The first kappa shape index (κ1) is 26.0. The summed E-state index contributed by atoms with van der Waals surface area (Å²) < 4.78 is 7.48. The van der Waals surface area contributed by atoms with Gasteiger partial charge in [-0.1, -0.05) is 31.5 Å². The number of hydrogen-bond donors (Lipinski definition) is 0. The van der Waals surface area contributed by atoms with Crippen LogP contribution < -0.4 is 0 Å². The molecule has 0 atom stereocenters. The van der Waals surface area contributed by atoms with Crippen molar-refractivity contribution in [2.75, 3.05) is 38.6 Å². The first-order valence-electron chi connectivity index (χ1n) is 11.5. The van der Waals surface area contributed by atoms with Gasteiger partial charge >= 0.3 is 0 Å². The number of carbonyl (C=O) groups excluding carboxylic acids is 2. The molecule has 0 aliphatic carbocycles. The normalized spacial score (nSPS) is 10.8. The number of hydrogen-bond acceptors (Lipinski definition) is 4. The first-order valence-corrected chi connectivity index (χ1v) is 12.4. The van der Waals surface area contributed by atoms with Gasteiger partial charge in [0.15, 0.2) is 0 Å². The van der Waals surface area contributed by atoms with E-state index in [-0.39, 0.29) is 18.4 Å². The smallest absolute Gasteiger partial charge is 0.242 e. The summed E-state index contributed by atoms with van der Waals surface area (Å²) in [5, 5.41) is 0. The molecule has 0 unspecified atom stereocenters. The van der Waals surface area contributed by atoms with E-state index in [2.05, 4.69) is 6.92 Å². The molecule has 176 valence electrons. The van der Waals surface area contributed by atoms with Crippen LogP contribution in [0.1, 0.15) is 38.8 Å². The van der Waals surface area contributed by atoms with E-state index in [4.69, 9.17) is 4.74 Å². The van der Waals surface area contributed by atoms with Crippen LogP contribution in [-0.4, -0.2) is 64.8 Å². The number of ether oxygens (including phenoxy) is 1. The lowest BCUT2D eigenvalue weighted by Gasteiger charge is -2.28. The molecule has 0 spiro atoms. The van der Waals surface area contributed by atoms with Gasteiger partial charge in [-0.3, -0.25) is 9.59 Å². The monoisotopic (exact) mass is 459 g/mol. The maximum absolute atomic E-state index is 13.2. The predicted molar refractivity (Wildman–Crippen MR) is 131 cm³/mol. The third-order valence-electron chi connectivity index (χ3n) is 5.24. The molecule has 0 N–H and O–H groups in total. The van der Waals surface area contributed by atoms with Crippen LogP contribution in [0.15, 0.2) is 53.6 Å². The zero-order chi connectivity index (χ0) is 23.2. The highest BCUT2D eigenvalue weighted by Gasteiger charge is 2.22. The Balaban J connectivity index is 2.03. The molecule has 1 aromatic heterocycles. The van der Waals surface area contributed by atoms with Crippen LogP contribution in [-0.2, 0) is 27.9 Å². The maximum Gasteiger partial charge on any atom is 0.242 e. The Morgan fingerprint density at radius 1 is 0.969 bits per heavy atom. The number of aryl methyl sites for hydroxylation is 1. The molecule has 1 heterocycles. The van der Waals surface area contributed by atoms with Crippen LogP contribution in [0.4, 0.5) is 0 Å². The molecule has 7 heteroatoms. The molecular weight excluding hydrogens is 422 g/mol. The van der Waals surface area contributed by atoms with E-state index in [0.717, 1.165) is 29.9 Å². The number of benzene rings is 1. The number of amides is 2. The van der Waals surface area contributed by atoms with Crippen molar-refractivity contribution in [3.05, 3.63) is 54.4 Å². The highest BCUT2D eigenvalue weighted by atomic mass is 32.2. The molecule has 0 fully saturated rings. The number of nitrogens with zero attached hydrogens (tertiary/aromatic N) is 3. The van der Waals surface area contributed by atoms with Crippen LogP contribution in [0.3, 0.4) is 0 Å². The second kappa shape index (κ2) is 14.7. The number of unbranched alkanes of at least 4 members (excludes halogenated alkanes) is 1. The van der Waals surface area contributed by atoms with Gasteiger partial charge in [0, 0.05) is 50.1 Å². The molecule has 0 bridgehead atoms. The molecule has 1 aromatic carbocycles. The van der Waals surface area contributed by atoms with E-state index >= 15 is 0 Å².